The molecule has 0 spiro atoms. The lowest BCUT2D eigenvalue weighted by atomic mass is 9.81. The van der Waals surface area contributed by atoms with Gasteiger partial charge in [0.05, 0.1) is 74.5 Å². The van der Waals surface area contributed by atoms with Crippen LogP contribution in [-0.2, 0) is 60.6 Å². The Morgan fingerprint density at radius 2 is 0.843 bits per heavy atom. The molecule has 0 aromatic heterocycles. The molecule has 4 bridgehead atoms. The molecular weight excluding hydrogens is 729 g/mol. The van der Waals surface area contributed by atoms with Crippen LogP contribution in [0.15, 0.2) is 0 Å². The van der Waals surface area contributed by atoms with Gasteiger partial charge in [0, 0.05) is 24.3 Å². The van der Waals surface area contributed by atoms with E-state index in [1.54, 1.807) is 0 Å². The molecule has 13 nitrogen and oxygen atoms in total. The van der Waals surface area contributed by atoms with Crippen molar-refractivity contribution in [2.45, 2.75) is 126 Å². The summed E-state index contributed by atoms with van der Waals surface area (Å²) in [6, 6.07) is 1.96. The summed E-state index contributed by atoms with van der Waals surface area (Å²) >= 11 is 0. The quantitative estimate of drug-likeness (QED) is 0.0744. The molecule has 6 fully saturated rings. The summed E-state index contributed by atoms with van der Waals surface area (Å²) in [4.78, 5) is 48.8. The molecule has 6 aliphatic heterocycles. The third-order valence-corrected chi connectivity index (χ3v) is 28.4. The normalized spacial score (nSPS) is 34.4. The van der Waals surface area contributed by atoms with Gasteiger partial charge in [-0.1, -0.05) is 0 Å². The molecule has 10 unspecified atom stereocenters. The van der Waals surface area contributed by atoms with Crippen molar-refractivity contribution in [2.75, 3.05) is 39.6 Å². The van der Waals surface area contributed by atoms with Gasteiger partial charge in [0.15, 0.2) is 33.3 Å². The van der Waals surface area contributed by atoms with Gasteiger partial charge in [-0.25, -0.2) is 0 Å². The van der Waals surface area contributed by atoms with E-state index < -0.39 is 80.8 Å². The number of cyclic esters (lactones) is 4. The number of hydrogen-bond donors (Lipinski definition) is 0. The largest absolute Gasteiger partial charge is 0.455 e. The maximum atomic E-state index is 12.3. The minimum Gasteiger partial charge on any atom is -0.455 e. The van der Waals surface area contributed by atoms with Gasteiger partial charge < -0.3 is 41.4 Å². The standard InChI is InChI=1S/C34H58O13Si4/c1-48(2,46-50(5,6)23-19-21-25-27(29(23)42-21)33(37)44-31(25)35)17-9-11-39-13-15-41-16-14-40-12-10-18-49(3,4)47-51(7,8)24-20-22-26-28(30(24)43-22)34(38)45-32(26)36/h21-30H,9-20H2,1-8H3. The molecule has 0 saturated carbocycles. The molecule has 288 valence electrons. The van der Waals surface area contributed by atoms with Crippen LogP contribution in [0.1, 0.15) is 25.7 Å². The zero-order valence-corrected chi connectivity index (χ0v) is 35.6. The molecular formula is C34H58O13Si4. The zero-order chi connectivity index (χ0) is 36.9. The van der Waals surface area contributed by atoms with Gasteiger partial charge in [-0.15, -0.1) is 0 Å². The molecule has 6 rings (SSSR count). The number of carbonyl (C=O) groups is 4. The minimum absolute atomic E-state index is 0.182. The van der Waals surface area contributed by atoms with Crippen LogP contribution in [0, 0.1) is 23.7 Å². The first-order valence-electron chi connectivity index (χ1n) is 18.9. The Hall–Kier alpha value is -1.13. The highest BCUT2D eigenvalue weighted by molar-refractivity contribution is 6.86. The van der Waals surface area contributed by atoms with E-state index in [1.165, 1.54) is 0 Å². The second kappa shape index (κ2) is 15.2. The number of hydrogen-bond acceptors (Lipinski definition) is 13. The second-order valence-electron chi connectivity index (χ2n) is 17.5. The zero-order valence-electron chi connectivity index (χ0n) is 31.6. The van der Waals surface area contributed by atoms with E-state index in [2.05, 4.69) is 52.4 Å². The van der Waals surface area contributed by atoms with Crippen LogP contribution in [0.2, 0.25) is 75.5 Å². The van der Waals surface area contributed by atoms with E-state index in [-0.39, 0.29) is 35.5 Å². The van der Waals surface area contributed by atoms with Gasteiger partial charge in [-0.05, 0) is 90.1 Å². The van der Waals surface area contributed by atoms with Crippen LogP contribution >= 0.6 is 0 Å². The highest BCUT2D eigenvalue weighted by Crippen LogP contribution is 2.57. The smallest absolute Gasteiger partial charge is 0.320 e. The van der Waals surface area contributed by atoms with Crippen molar-refractivity contribution < 1.29 is 60.6 Å². The van der Waals surface area contributed by atoms with E-state index >= 15 is 0 Å². The van der Waals surface area contributed by atoms with E-state index in [9.17, 15) is 19.2 Å². The number of esters is 4. The van der Waals surface area contributed by atoms with Crippen molar-refractivity contribution in [1.82, 2.24) is 0 Å². The van der Waals surface area contributed by atoms with Gasteiger partial charge in [0.25, 0.3) is 0 Å². The van der Waals surface area contributed by atoms with E-state index in [0.29, 0.717) is 39.6 Å². The fourth-order valence-electron chi connectivity index (χ4n) is 9.88. The summed E-state index contributed by atoms with van der Waals surface area (Å²) in [7, 11) is -8.33. The number of fused-ring (bicyclic) bond motifs is 10. The lowest BCUT2D eigenvalue weighted by molar-refractivity contribution is -0.158. The molecule has 0 aromatic carbocycles. The molecule has 10 atom stereocenters. The third kappa shape index (κ3) is 8.43. The van der Waals surface area contributed by atoms with E-state index in [4.69, 9.17) is 41.4 Å². The summed E-state index contributed by atoms with van der Waals surface area (Å²) in [5.74, 6) is -3.46. The van der Waals surface area contributed by atoms with Crippen molar-refractivity contribution in [3.63, 3.8) is 0 Å². The minimum atomic E-state index is -2.19. The average molecular weight is 787 g/mol. The Bertz CT molecular complexity index is 1240. The topological polar surface area (TPSA) is 151 Å². The highest BCUT2D eigenvalue weighted by atomic mass is 28.4. The van der Waals surface area contributed by atoms with Crippen molar-refractivity contribution in [2.24, 2.45) is 23.7 Å². The molecule has 51 heavy (non-hydrogen) atoms. The number of ether oxygens (including phenoxy) is 7. The Labute approximate surface area is 305 Å². The molecule has 0 aliphatic carbocycles. The maximum Gasteiger partial charge on any atom is 0.320 e. The SMILES string of the molecule is C[Si](C)(CCCOCCOCCOCCC[Si](C)(C)O[Si](C)(C)C1CC2OC1C1C(=O)OC(=O)C21)O[Si](C)(C)C1CC2OC1C1C(=O)OC(=O)C21. The van der Waals surface area contributed by atoms with Gasteiger partial charge in [-0.3, -0.25) is 19.2 Å². The van der Waals surface area contributed by atoms with Crippen LogP contribution in [-0.4, -0.2) is 121 Å². The molecule has 0 N–H and O–H groups in total. The monoisotopic (exact) mass is 786 g/mol. The van der Waals surface area contributed by atoms with E-state index in [0.717, 1.165) is 37.8 Å². The van der Waals surface area contributed by atoms with Crippen LogP contribution in [0.4, 0.5) is 0 Å². The van der Waals surface area contributed by atoms with Gasteiger partial charge in [0.2, 0.25) is 0 Å². The predicted molar refractivity (Wildman–Crippen MR) is 194 cm³/mol. The first kappa shape index (κ1) is 39.6. The number of rotatable bonds is 20. The summed E-state index contributed by atoms with van der Waals surface area (Å²) in [6.45, 7) is 21.3. The summed E-state index contributed by atoms with van der Waals surface area (Å²) in [6.07, 6.45) is 2.41. The summed E-state index contributed by atoms with van der Waals surface area (Å²) in [5, 5.41) is 0. The molecule has 6 aliphatic rings. The van der Waals surface area contributed by atoms with Gasteiger partial charge in [-0.2, -0.15) is 0 Å². The Kier molecular flexibility index (Phi) is 11.8. The molecule has 0 amide bonds. The van der Waals surface area contributed by atoms with Crippen LogP contribution in [0.25, 0.3) is 0 Å². The lowest BCUT2D eigenvalue weighted by Crippen LogP contribution is -2.52. The Morgan fingerprint density at radius 1 is 0.510 bits per heavy atom. The van der Waals surface area contributed by atoms with Crippen LogP contribution in [0.5, 0.6) is 0 Å². The number of carbonyl (C=O) groups excluding carboxylic acids is 4. The van der Waals surface area contributed by atoms with Crippen molar-refractivity contribution in [3.8, 4) is 0 Å². The van der Waals surface area contributed by atoms with Crippen molar-refractivity contribution in [3.05, 3.63) is 0 Å². The average Bonchev–Trinajstić information content (AvgIpc) is 3.86. The van der Waals surface area contributed by atoms with Crippen molar-refractivity contribution >= 4 is 57.1 Å². The second-order valence-corrected chi connectivity index (χ2v) is 35.1. The Morgan fingerprint density at radius 3 is 1.22 bits per heavy atom. The van der Waals surface area contributed by atoms with Crippen molar-refractivity contribution in [1.29, 1.82) is 0 Å². The van der Waals surface area contributed by atoms with Crippen LogP contribution in [0.3, 0.4) is 0 Å². The molecule has 0 aromatic rings. The fourth-order valence-corrected chi connectivity index (χ4v) is 29.1. The van der Waals surface area contributed by atoms with Crippen LogP contribution < -0.4 is 0 Å². The summed E-state index contributed by atoms with van der Waals surface area (Å²) in [5.41, 5.74) is 0.365. The predicted octanol–water partition coefficient (Wildman–Crippen LogP) is 4.38. The molecule has 0 radical (unpaired) electrons. The maximum absolute atomic E-state index is 12.3. The van der Waals surface area contributed by atoms with Gasteiger partial charge >= 0.3 is 23.9 Å². The molecule has 6 heterocycles. The highest BCUT2D eigenvalue weighted by Gasteiger charge is 2.68. The first-order chi connectivity index (χ1) is 23.9. The van der Waals surface area contributed by atoms with E-state index in [1.807, 2.05) is 0 Å². The summed E-state index contributed by atoms with van der Waals surface area (Å²) < 4.78 is 53.3. The lowest BCUT2D eigenvalue weighted by Gasteiger charge is -2.41. The molecule has 17 heteroatoms. The third-order valence-electron chi connectivity index (χ3n) is 11.9. The first-order valence-corrected chi connectivity index (χ1v) is 31.1. The van der Waals surface area contributed by atoms with Gasteiger partial charge in [0.1, 0.15) is 0 Å². The molecule has 6 saturated heterocycles. The Balaban J connectivity index is 0.777. The fraction of sp³-hybridized carbons (Fsp3) is 0.882.